The molecule has 0 atom stereocenters. The summed E-state index contributed by atoms with van der Waals surface area (Å²) in [6.07, 6.45) is 1.63. The predicted molar refractivity (Wildman–Crippen MR) is 47.4 cm³/mol. The number of rotatable bonds is 3. The Morgan fingerprint density at radius 2 is 2.23 bits per heavy atom. The van der Waals surface area contributed by atoms with E-state index in [0.29, 0.717) is 24.7 Å². The van der Waals surface area contributed by atoms with Crippen molar-refractivity contribution in [1.29, 1.82) is 5.26 Å². The van der Waals surface area contributed by atoms with Crippen molar-refractivity contribution in [3.05, 3.63) is 29.3 Å². The van der Waals surface area contributed by atoms with Crippen LogP contribution in [0.3, 0.4) is 0 Å². The number of phenolic OH excluding ortho intramolecular Hbond substituents is 1. The number of aromatic hydroxyl groups is 1. The fourth-order valence-corrected chi connectivity index (χ4v) is 1.11. The average Bonchev–Trinajstić information content (AvgIpc) is 2.14. The molecule has 0 saturated heterocycles. The number of hydrogen-bond acceptors (Lipinski definition) is 3. The molecule has 1 aromatic rings. The Hall–Kier alpha value is -1.82. The summed E-state index contributed by atoms with van der Waals surface area (Å²) in [6.45, 7) is 0. The summed E-state index contributed by atoms with van der Waals surface area (Å²) in [5.41, 5.74) is 1.25. The quantitative estimate of drug-likeness (QED) is 0.710. The average molecular weight is 175 g/mol. The van der Waals surface area contributed by atoms with E-state index in [1.807, 2.05) is 6.07 Å². The molecule has 0 aliphatic carbocycles. The zero-order valence-corrected chi connectivity index (χ0v) is 7.03. The van der Waals surface area contributed by atoms with Crippen molar-refractivity contribution in [2.75, 3.05) is 0 Å². The van der Waals surface area contributed by atoms with Crippen LogP contribution in [-0.2, 0) is 6.42 Å². The lowest BCUT2D eigenvalue weighted by Gasteiger charge is -2.00. The van der Waals surface area contributed by atoms with Crippen molar-refractivity contribution in [1.82, 2.24) is 0 Å². The second kappa shape index (κ2) is 4.27. The zero-order valence-electron chi connectivity index (χ0n) is 7.03. The number of benzene rings is 1. The molecule has 1 aromatic carbocycles. The molecule has 0 saturated carbocycles. The maximum absolute atomic E-state index is 10.4. The number of carbonyl (C=O) groups excluding carboxylic acids is 1. The molecular weight excluding hydrogens is 166 g/mol. The second-order valence-corrected chi connectivity index (χ2v) is 2.71. The summed E-state index contributed by atoms with van der Waals surface area (Å²) < 4.78 is 0. The fourth-order valence-electron chi connectivity index (χ4n) is 1.11. The summed E-state index contributed by atoms with van der Waals surface area (Å²) in [6, 6.07) is 6.63. The van der Waals surface area contributed by atoms with E-state index in [4.69, 9.17) is 5.26 Å². The first kappa shape index (κ1) is 9.27. The van der Waals surface area contributed by atoms with Crippen molar-refractivity contribution in [2.45, 2.75) is 12.8 Å². The second-order valence-electron chi connectivity index (χ2n) is 2.71. The third kappa shape index (κ3) is 2.60. The van der Waals surface area contributed by atoms with Gasteiger partial charge in [0.2, 0.25) is 0 Å². The van der Waals surface area contributed by atoms with Gasteiger partial charge in [-0.2, -0.15) is 5.26 Å². The third-order valence-electron chi connectivity index (χ3n) is 1.66. The summed E-state index contributed by atoms with van der Waals surface area (Å²) >= 11 is 0. The molecule has 3 heteroatoms. The minimum absolute atomic E-state index is 0.0672. The molecule has 66 valence electrons. The molecule has 0 heterocycles. The first-order valence-corrected chi connectivity index (χ1v) is 3.91. The third-order valence-corrected chi connectivity index (χ3v) is 1.66. The molecule has 0 fully saturated rings. The highest BCUT2D eigenvalue weighted by Crippen LogP contribution is 2.15. The van der Waals surface area contributed by atoms with Gasteiger partial charge in [-0.3, -0.25) is 4.79 Å². The zero-order chi connectivity index (χ0) is 9.68. The number of hydrogen-bond donors (Lipinski definition) is 1. The Morgan fingerprint density at radius 1 is 1.46 bits per heavy atom. The van der Waals surface area contributed by atoms with Gasteiger partial charge in [0.15, 0.2) is 0 Å². The molecule has 0 amide bonds. The van der Waals surface area contributed by atoms with Gasteiger partial charge in [0.05, 0.1) is 6.07 Å². The van der Waals surface area contributed by atoms with Crippen LogP contribution in [0.1, 0.15) is 22.3 Å². The Morgan fingerprint density at radius 3 is 2.85 bits per heavy atom. The molecule has 0 spiro atoms. The van der Waals surface area contributed by atoms with Crippen molar-refractivity contribution < 1.29 is 9.90 Å². The Labute approximate surface area is 76.2 Å². The van der Waals surface area contributed by atoms with Gasteiger partial charge in [0.25, 0.3) is 0 Å². The van der Waals surface area contributed by atoms with Crippen molar-refractivity contribution in [2.24, 2.45) is 0 Å². The molecule has 3 nitrogen and oxygen atoms in total. The van der Waals surface area contributed by atoms with Gasteiger partial charge in [0.1, 0.15) is 12.0 Å². The van der Waals surface area contributed by atoms with Crippen molar-refractivity contribution >= 4 is 6.29 Å². The van der Waals surface area contributed by atoms with E-state index in [1.165, 1.54) is 6.07 Å². The smallest absolute Gasteiger partial charge is 0.150 e. The number of nitrogens with zero attached hydrogens (tertiary/aromatic N) is 1. The number of aldehydes is 1. The normalized spacial score (nSPS) is 9.15. The fraction of sp³-hybridized carbons (Fsp3) is 0.200. The minimum Gasteiger partial charge on any atom is -0.508 e. The van der Waals surface area contributed by atoms with Crippen LogP contribution in [-0.4, -0.2) is 11.4 Å². The lowest BCUT2D eigenvalue weighted by molar-refractivity contribution is 0.112. The molecular formula is C10H9NO2. The van der Waals surface area contributed by atoms with E-state index >= 15 is 0 Å². The largest absolute Gasteiger partial charge is 0.508 e. The predicted octanol–water partition coefficient (Wildman–Crippen LogP) is 1.66. The first-order chi connectivity index (χ1) is 6.26. The van der Waals surface area contributed by atoms with Crippen LogP contribution >= 0.6 is 0 Å². The van der Waals surface area contributed by atoms with Crippen LogP contribution in [0.4, 0.5) is 0 Å². The SMILES string of the molecule is N#CCCc1cc(O)cc(C=O)c1. The van der Waals surface area contributed by atoms with Crippen LogP contribution in [0.15, 0.2) is 18.2 Å². The lowest BCUT2D eigenvalue weighted by atomic mass is 10.1. The van der Waals surface area contributed by atoms with E-state index in [-0.39, 0.29) is 5.75 Å². The number of nitriles is 1. The standard InChI is InChI=1S/C10H9NO2/c11-3-1-2-8-4-9(7-12)6-10(13)5-8/h4-7,13H,1-2H2. The number of phenols is 1. The van der Waals surface area contributed by atoms with E-state index in [1.54, 1.807) is 12.1 Å². The molecule has 0 aliphatic rings. The highest BCUT2D eigenvalue weighted by Gasteiger charge is 1.98. The van der Waals surface area contributed by atoms with E-state index in [2.05, 4.69) is 0 Å². The summed E-state index contributed by atoms with van der Waals surface area (Å²) in [5.74, 6) is 0.0672. The summed E-state index contributed by atoms with van der Waals surface area (Å²) in [5, 5.41) is 17.5. The molecule has 0 radical (unpaired) electrons. The Kier molecular flexibility index (Phi) is 3.04. The Bertz CT molecular complexity index is 352. The van der Waals surface area contributed by atoms with Crippen LogP contribution in [0.5, 0.6) is 5.75 Å². The van der Waals surface area contributed by atoms with Gasteiger partial charge in [-0.15, -0.1) is 0 Å². The van der Waals surface area contributed by atoms with Gasteiger partial charge in [-0.05, 0) is 30.2 Å². The minimum atomic E-state index is 0.0672. The van der Waals surface area contributed by atoms with Crippen LogP contribution < -0.4 is 0 Å². The van der Waals surface area contributed by atoms with E-state index in [9.17, 15) is 9.90 Å². The highest BCUT2D eigenvalue weighted by atomic mass is 16.3. The molecule has 0 aromatic heterocycles. The highest BCUT2D eigenvalue weighted by molar-refractivity contribution is 5.75. The maximum Gasteiger partial charge on any atom is 0.150 e. The molecule has 0 bridgehead atoms. The van der Waals surface area contributed by atoms with Crippen molar-refractivity contribution in [3.8, 4) is 11.8 Å². The van der Waals surface area contributed by atoms with Gasteiger partial charge < -0.3 is 5.11 Å². The summed E-state index contributed by atoms with van der Waals surface area (Å²) in [7, 11) is 0. The first-order valence-electron chi connectivity index (χ1n) is 3.91. The maximum atomic E-state index is 10.4. The van der Waals surface area contributed by atoms with E-state index < -0.39 is 0 Å². The number of carbonyl (C=O) groups is 1. The molecule has 1 N–H and O–H groups in total. The topological polar surface area (TPSA) is 61.1 Å². The monoisotopic (exact) mass is 175 g/mol. The van der Waals surface area contributed by atoms with Gasteiger partial charge in [-0.1, -0.05) is 0 Å². The Balaban J connectivity index is 2.89. The molecule has 0 aliphatic heterocycles. The molecule has 0 unspecified atom stereocenters. The lowest BCUT2D eigenvalue weighted by Crippen LogP contribution is -1.87. The van der Waals surface area contributed by atoms with Gasteiger partial charge in [0, 0.05) is 12.0 Å². The van der Waals surface area contributed by atoms with Gasteiger partial charge >= 0.3 is 0 Å². The molecule has 1 rings (SSSR count). The van der Waals surface area contributed by atoms with Crippen molar-refractivity contribution in [3.63, 3.8) is 0 Å². The van der Waals surface area contributed by atoms with Crippen LogP contribution in [0, 0.1) is 11.3 Å². The van der Waals surface area contributed by atoms with Crippen LogP contribution in [0.25, 0.3) is 0 Å². The van der Waals surface area contributed by atoms with Crippen LogP contribution in [0.2, 0.25) is 0 Å². The summed E-state index contributed by atoms with van der Waals surface area (Å²) in [4.78, 5) is 10.4. The van der Waals surface area contributed by atoms with Gasteiger partial charge in [-0.25, -0.2) is 0 Å². The van der Waals surface area contributed by atoms with E-state index in [0.717, 1.165) is 5.56 Å². The molecule has 13 heavy (non-hydrogen) atoms. The number of aryl methyl sites for hydroxylation is 1.